The van der Waals surface area contributed by atoms with Crippen LogP contribution in [0.2, 0.25) is 0 Å². The van der Waals surface area contributed by atoms with Gasteiger partial charge in [-0.2, -0.15) is 0 Å². The third-order valence-corrected chi connectivity index (χ3v) is 3.23. The lowest BCUT2D eigenvalue weighted by molar-refractivity contribution is 0.0743. The maximum atomic E-state index is 12.5. The molecule has 0 radical (unpaired) electrons. The normalized spacial score (nSPS) is 14.7. The molecule has 0 saturated heterocycles. The standard InChI is InChI=1S/C14H20N2O/c1-3-9-16(11-7-8-11)14(17)13-10(2)5-4-6-12(13)15/h4-6,11H,3,7-9,15H2,1-2H3. The number of hydrogen-bond donors (Lipinski definition) is 1. The highest BCUT2D eigenvalue weighted by molar-refractivity contribution is 6.00. The summed E-state index contributed by atoms with van der Waals surface area (Å²) in [4.78, 5) is 14.5. The maximum Gasteiger partial charge on any atom is 0.256 e. The van der Waals surface area contributed by atoms with Crippen LogP contribution in [0.5, 0.6) is 0 Å². The monoisotopic (exact) mass is 232 g/mol. The van der Waals surface area contributed by atoms with Crippen molar-refractivity contribution in [2.45, 2.75) is 39.2 Å². The fourth-order valence-corrected chi connectivity index (χ4v) is 2.20. The third-order valence-electron chi connectivity index (χ3n) is 3.23. The summed E-state index contributed by atoms with van der Waals surface area (Å²) < 4.78 is 0. The molecule has 0 aromatic heterocycles. The SMILES string of the molecule is CCCN(C(=O)c1c(C)cccc1N)C1CC1. The number of rotatable bonds is 4. The fourth-order valence-electron chi connectivity index (χ4n) is 2.20. The summed E-state index contributed by atoms with van der Waals surface area (Å²) in [5.74, 6) is 0.102. The van der Waals surface area contributed by atoms with E-state index >= 15 is 0 Å². The van der Waals surface area contributed by atoms with Crippen LogP contribution in [0.25, 0.3) is 0 Å². The summed E-state index contributed by atoms with van der Waals surface area (Å²) in [7, 11) is 0. The second kappa shape index (κ2) is 4.78. The van der Waals surface area contributed by atoms with Crippen LogP contribution in [-0.4, -0.2) is 23.4 Å². The molecule has 92 valence electrons. The summed E-state index contributed by atoms with van der Waals surface area (Å²) in [5, 5.41) is 0. The van der Waals surface area contributed by atoms with E-state index in [2.05, 4.69) is 6.92 Å². The largest absolute Gasteiger partial charge is 0.398 e. The van der Waals surface area contributed by atoms with Crippen LogP contribution in [0.15, 0.2) is 18.2 Å². The molecule has 0 heterocycles. The molecule has 2 rings (SSSR count). The van der Waals surface area contributed by atoms with E-state index < -0.39 is 0 Å². The second-order valence-corrected chi connectivity index (χ2v) is 4.77. The minimum Gasteiger partial charge on any atom is -0.398 e. The smallest absolute Gasteiger partial charge is 0.256 e. The van der Waals surface area contributed by atoms with Crippen LogP contribution >= 0.6 is 0 Å². The first-order chi connectivity index (χ1) is 8.15. The van der Waals surface area contributed by atoms with Gasteiger partial charge in [-0.15, -0.1) is 0 Å². The zero-order chi connectivity index (χ0) is 12.4. The summed E-state index contributed by atoms with van der Waals surface area (Å²) in [5.41, 5.74) is 8.18. The van der Waals surface area contributed by atoms with E-state index in [1.165, 1.54) is 0 Å². The van der Waals surface area contributed by atoms with Crippen molar-refractivity contribution in [2.75, 3.05) is 12.3 Å². The van der Waals surface area contributed by atoms with Gasteiger partial charge in [0, 0.05) is 18.3 Å². The first-order valence-electron chi connectivity index (χ1n) is 6.31. The highest BCUT2D eigenvalue weighted by Crippen LogP contribution is 2.30. The van der Waals surface area contributed by atoms with E-state index in [1.807, 2.05) is 24.0 Å². The van der Waals surface area contributed by atoms with Gasteiger partial charge in [0.2, 0.25) is 0 Å². The van der Waals surface area contributed by atoms with Gasteiger partial charge < -0.3 is 10.6 Å². The van der Waals surface area contributed by atoms with Gasteiger partial charge in [-0.05, 0) is 37.8 Å². The molecule has 2 N–H and O–H groups in total. The molecule has 17 heavy (non-hydrogen) atoms. The summed E-state index contributed by atoms with van der Waals surface area (Å²) in [6.07, 6.45) is 3.27. The van der Waals surface area contributed by atoms with Crippen molar-refractivity contribution in [2.24, 2.45) is 0 Å². The Morgan fingerprint density at radius 2 is 2.18 bits per heavy atom. The number of aryl methyl sites for hydroxylation is 1. The zero-order valence-corrected chi connectivity index (χ0v) is 10.6. The lowest BCUT2D eigenvalue weighted by atomic mass is 10.1. The summed E-state index contributed by atoms with van der Waals surface area (Å²) in [6.45, 7) is 4.88. The van der Waals surface area contributed by atoms with E-state index in [-0.39, 0.29) is 5.91 Å². The molecule has 0 spiro atoms. The third kappa shape index (κ3) is 2.43. The van der Waals surface area contributed by atoms with Crippen molar-refractivity contribution in [3.63, 3.8) is 0 Å². The molecule has 3 heteroatoms. The molecule has 0 atom stereocenters. The molecule has 3 nitrogen and oxygen atoms in total. The Kier molecular flexibility index (Phi) is 3.36. The van der Waals surface area contributed by atoms with Gasteiger partial charge >= 0.3 is 0 Å². The molecule has 1 saturated carbocycles. The number of carbonyl (C=O) groups is 1. The van der Waals surface area contributed by atoms with Crippen LogP contribution in [-0.2, 0) is 0 Å². The highest BCUT2D eigenvalue weighted by Gasteiger charge is 2.33. The fraction of sp³-hybridized carbons (Fsp3) is 0.500. The van der Waals surface area contributed by atoms with E-state index in [1.54, 1.807) is 6.07 Å². The Hall–Kier alpha value is -1.51. The molecular weight excluding hydrogens is 212 g/mol. The molecule has 1 amide bonds. The predicted octanol–water partition coefficient (Wildman–Crippen LogP) is 2.59. The molecule has 1 aliphatic rings. The Morgan fingerprint density at radius 1 is 1.47 bits per heavy atom. The average Bonchev–Trinajstić information content (AvgIpc) is 3.09. The summed E-state index contributed by atoms with van der Waals surface area (Å²) >= 11 is 0. The number of nitrogens with zero attached hydrogens (tertiary/aromatic N) is 1. The molecule has 1 aromatic carbocycles. The van der Waals surface area contributed by atoms with Gasteiger partial charge in [-0.3, -0.25) is 4.79 Å². The predicted molar refractivity (Wildman–Crippen MR) is 69.9 cm³/mol. The minimum atomic E-state index is 0.102. The Labute approximate surface area is 103 Å². The van der Waals surface area contributed by atoms with Crippen molar-refractivity contribution in [3.05, 3.63) is 29.3 Å². The summed E-state index contributed by atoms with van der Waals surface area (Å²) in [6, 6.07) is 6.09. The minimum absolute atomic E-state index is 0.102. The lowest BCUT2D eigenvalue weighted by Gasteiger charge is -2.23. The van der Waals surface area contributed by atoms with Gasteiger partial charge in [-0.1, -0.05) is 19.1 Å². The van der Waals surface area contributed by atoms with Crippen LogP contribution in [0, 0.1) is 6.92 Å². The van der Waals surface area contributed by atoms with Crippen molar-refractivity contribution >= 4 is 11.6 Å². The highest BCUT2D eigenvalue weighted by atomic mass is 16.2. The Balaban J connectivity index is 2.28. The molecule has 1 aromatic rings. The van der Waals surface area contributed by atoms with Crippen LogP contribution in [0.4, 0.5) is 5.69 Å². The number of carbonyl (C=O) groups excluding carboxylic acids is 1. The Morgan fingerprint density at radius 3 is 2.71 bits per heavy atom. The van der Waals surface area contributed by atoms with E-state index in [0.717, 1.165) is 31.4 Å². The molecule has 0 aliphatic heterocycles. The van der Waals surface area contributed by atoms with Gasteiger partial charge in [0.15, 0.2) is 0 Å². The van der Waals surface area contributed by atoms with Crippen molar-refractivity contribution in [3.8, 4) is 0 Å². The first kappa shape index (κ1) is 12.0. The number of hydrogen-bond acceptors (Lipinski definition) is 2. The van der Waals surface area contributed by atoms with E-state index in [9.17, 15) is 4.79 Å². The Bertz CT molecular complexity index is 404. The number of nitrogen functional groups attached to an aromatic ring is 1. The molecule has 0 bridgehead atoms. The van der Waals surface area contributed by atoms with E-state index in [0.29, 0.717) is 17.3 Å². The number of anilines is 1. The molecule has 0 unspecified atom stereocenters. The van der Waals surface area contributed by atoms with Crippen LogP contribution in [0.1, 0.15) is 42.1 Å². The van der Waals surface area contributed by atoms with Gasteiger partial charge in [0.25, 0.3) is 5.91 Å². The first-order valence-corrected chi connectivity index (χ1v) is 6.31. The topological polar surface area (TPSA) is 46.3 Å². The van der Waals surface area contributed by atoms with Crippen molar-refractivity contribution < 1.29 is 4.79 Å². The number of benzene rings is 1. The average molecular weight is 232 g/mol. The second-order valence-electron chi connectivity index (χ2n) is 4.77. The van der Waals surface area contributed by atoms with Gasteiger partial charge in [0.1, 0.15) is 0 Å². The molecule has 1 aliphatic carbocycles. The molecular formula is C14H20N2O. The number of nitrogens with two attached hydrogens (primary N) is 1. The van der Waals surface area contributed by atoms with Crippen LogP contribution in [0.3, 0.4) is 0 Å². The number of amides is 1. The lowest BCUT2D eigenvalue weighted by Crippen LogP contribution is -2.34. The maximum absolute atomic E-state index is 12.5. The molecule has 1 fully saturated rings. The quantitative estimate of drug-likeness (QED) is 0.811. The van der Waals surface area contributed by atoms with Gasteiger partial charge in [0.05, 0.1) is 5.56 Å². The van der Waals surface area contributed by atoms with Gasteiger partial charge in [-0.25, -0.2) is 0 Å². The van der Waals surface area contributed by atoms with E-state index in [4.69, 9.17) is 5.73 Å². The van der Waals surface area contributed by atoms with Crippen molar-refractivity contribution in [1.29, 1.82) is 0 Å². The zero-order valence-electron chi connectivity index (χ0n) is 10.6. The van der Waals surface area contributed by atoms with Crippen LogP contribution < -0.4 is 5.73 Å². The van der Waals surface area contributed by atoms with Crippen molar-refractivity contribution in [1.82, 2.24) is 4.90 Å².